The topological polar surface area (TPSA) is 35.5 Å². The first-order valence-electron chi connectivity index (χ1n) is 12.5. The second-order valence-electron chi connectivity index (χ2n) is 13.9. The lowest BCUT2D eigenvalue weighted by atomic mass is 9.77. The maximum Gasteiger partial charge on any atom is 0.805 e. The molecule has 0 N–H and O–H groups in total. The van der Waals surface area contributed by atoms with Crippen LogP contribution in [0.3, 0.4) is 0 Å². The standard InChI is InChI=1S/C30H44O3P/c1-27(2,3)21-15-19-13-14-20-16-22(28(4,5)6)18-24(30(10,11)12)26(20)33-34(31)32-25(19)23(17-21)29(7,8)9/h15-18H,13-14H2,1-12H3/q+1. The smallest absolute Gasteiger partial charge is 0.222 e. The zero-order valence-electron chi connectivity index (χ0n) is 23.4. The van der Waals surface area contributed by atoms with E-state index in [1.165, 1.54) is 11.1 Å². The zero-order chi connectivity index (χ0) is 25.9. The molecule has 4 heteroatoms. The fourth-order valence-electron chi connectivity index (χ4n) is 4.38. The summed E-state index contributed by atoms with van der Waals surface area (Å²) in [5.74, 6) is 1.45. The van der Waals surface area contributed by atoms with E-state index in [1.54, 1.807) is 0 Å². The molecule has 0 saturated heterocycles. The largest absolute Gasteiger partial charge is 0.805 e. The first-order valence-corrected chi connectivity index (χ1v) is 13.6. The van der Waals surface area contributed by atoms with Gasteiger partial charge >= 0.3 is 8.25 Å². The molecule has 0 aromatic heterocycles. The molecule has 0 bridgehead atoms. The minimum absolute atomic E-state index is 0.00285. The highest BCUT2D eigenvalue weighted by Gasteiger charge is 2.37. The molecule has 0 fully saturated rings. The predicted octanol–water partition coefficient (Wildman–Crippen LogP) is 9.09. The Labute approximate surface area is 208 Å². The van der Waals surface area contributed by atoms with E-state index in [2.05, 4.69) is 107 Å². The molecule has 34 heavy (non-hydrogen) atoms. The van der Waals surface area contributed by atoms with E-state index in [0.29, 0.717) is 0 Å². The van der Waals surface area contributed by atoms with E-state index < -0.39 is 8.25 Å². The van der Waals surface area contributed by atoms with Gasteiger partial charge < -0.3 is 0 Å². The lowest BCUT2D eigenvalue weighted by molar-refractivity contribution is 0.401. The molecule has 3 rings (SSSR count). The molecule has 0 radical (unpaired) electrons. The van der Waals surface area contributed by atoms with Crippen molar-refractivity contribution in [1.29, 1.82) is 0 Å². The molecule has 3 nitrogen and oxygen atoms in total. The highest BCUT2D eigenvalue weighted by atomic mass is 31.1. The maximum atomic E-state index is 13.3. The summed E-state index contributed by atoms with van der Waals surface area (Å²) in [7, 11) is -2.38. The van der Waals surface area contributed by atoms with E-state index in [9.17, 15) is 4.57 Å². The lowest BCUT2D eigenvalue weighted by Gasteiger charge is -2.27. The van der Waals surface area contributed by atoms with Gasteiger partial charge in [0.15, 0.2) is 11.5 Å². The Kier molecular flexibility index (Phi) is 6.81. The first kappa shape index (κ1) is 26.7. The number of benzene rings is 2. The van der Waals surface area contributed by atoms with Gasteiger partial charge in [-0.1, -0.05) is 107 Å². The van der Waals surface area contributed by atoms with Crippen LogP contribution in [0, 0.1) is 0 Å². The van der Waals surface area contributed by atoms with Crippen molar-refractivity contribution in [3.05, 3.63) is 57.6 Å². The Morgan fingerprint density at radius 3 is 1.15 bits per heavy atom. The number of hydrogen-bond acceptors (Lipinski definition) is 3. The summed E-state index contributed by atoms with van der Waals surface area (Å²) in [5.41, 5.74) is 6.62. The van der Waals surface area contributed by atoms with Crippen LogP contribution in [0.1, 0.15) is 116 Å². The molecule has 0 saturated carbocycles. The van der Waals surface area contributed by atoms with E-state index in [0.717, 1.165) is 46.6 Å². The highest BCUT2D eigenvalue weighted by Crippen LogP contribution is 2.47. The normalized spacial score (nSPS) is 15.4. The molecule has 0 aliphatic carbocycles. The summed E-state index contributed by atoms with van der Waals surface area (Å²) in [4.78, 5) is 0. The van der Waals surface area contributed by atoms with Crippen LogP contribution in [0.15, 0.2) is 24.3 Å². The molecule has 0 unspecified atom stereocenters. The van der Waals surface area contributed by atoms with Crippen LogP contribution in [-0.4, -0.2) is 0 Å². The van der Waals surface area contributed by atoms with Gasteiger partial charge in [-0.2, -0.15) is 0 Å². The minimum atomic E-state index is -2.38. The first-order chi connectivity index (χ1) is 15.3. The van der Waals surface area contributed by atoms with Gasteiger partial charge in [-0.15, -0.1) is 0 Å². The Balaban J connectivity index is 2.26. The Morgan fingerprint density at radius 2 is 0.882 bits per heavy atom. The van der Waals surface area contributed by atoms with Crippen molar-refractivity contribution in [3.63, 3.8) is 0 Å². The molecular weight excluding hydrogens is 439 g/mol. The van der Waals surface area contributed by atoms with Gasteiger partial charge in [-0.25, -0.2) is 9.05 Å². The number of aryl methyl sites for hydroxylation is 2. The maximum absolute atomic E-state index is 13.3. The molecule has 1 aliphatic heterocycles. The van der Waals surface area contributed by atoms with Crippen LogP contribution in [-0.2, 0) is 39.1 Å². The van der Waals surface area contributed by atoms with Crippen molar-refractivity contribution in [2.24, 2.45) is 0 Å². The molecule has 0 spiro atoms. The third-order valence-corrected chi connectivity index (χ3v) is 7.34. The number of fused-ring (bicyclic) bond motifs is 2. The van der Waals surface area contributed by atoms with E-state index in [4.69, 9.17) is 9.05 Å². The second kappa shape index (κ2) is 8.66. The van der Waals surface area contributed by atoms with Crippen LogP contribution in [0.25, 0.3) is 0 Å². The summed E-state index contributed by atoms with van der Waals surface area (Å²) < 4.78 is 25.6. The minimum Gasteiger partial charge on any atom is -0.222 e. The second-order valence-corrected chi connectivity index (χ2v) is 14.7. The van der Waals surface area contributed by atoms with Crippen LogP contribution in [0.4, 0.5) is 0 Å². The Hall–Kier alpha value is -1.86. The molecule has 0 amide bonds. The SMILES string of the molecule is CC(C)(C)c1cc2c(c(C(C)(C)C)c1)O[P+](=O)Oc1c(cc(C(C)(C)C)cc1C(C)(C)C)CC2. The average molecular weight is 484 g/mol. The molecule has 0 atom stereocenters. The molecule has 2 aromatic carbocycles. The summed E-state index contributed by atoms with van der Waals surface area (Å²) in [6, 6.07) is 8.95. The monoisotopic (exact) mass is 483 g/mol. The summed E-state index contributed by atoms with van der Waals surface area (Å²) in [5, 5.41) is 0. The fourth-order valence-corrected chi connectivity index (χ4v) is 5.15. The van der Waals surface area contributed by atoms with Gasteiger partial charge in [0.2, 0.25) is 0 Å². The van der Waals surface area contributed by atoms with Crippen molar-refractivity contribution in [2.75, 3.05) is 0 Å². The van der Waals surface area contributed by atoms with Crippen molar-refractivity contribution in [2.45, 2.75) is 118 Å². The molecule has 186 valence electrons. The van der Waals surface area contributed by atoms with E-state index >= 15 is 0 Å². The van der Waals surface area contributed by atoms with Gasteiger partial charge in [0, 0.05) is 26.8 Å². The van der Waals surface area contributed by atoms with Gasteiger partial charge in [0.05, 0.1) is 0 Å². The van der Waals surface area contributed by atoms with Crippen molar-refractivity contribution in [1.82, 2.24) is 0 Å². The van der Waals surface area contributed by atoms with Gasteiger partial charge in [0.25, 0.3) is 0 Å². The molecular formula is C30H44O3P+. The molecule has 2 aromatic rings. The van der Waals surface area contributed by atoms with Crippen LogP contribution in [0.5, 0.6) is 11.5 Å². The summed E-state index contributed by atoms with van der Waals surface area (Å²) in [6.45, 7) is 26.5. The van der Waals surface area contributed by atoms with E-state index in [-0.39, 0.29) is 21.7 Å². The van der Waals surface area contributed by atoms with Gasteiger partial charge in [0.1, 0.15) is 0 Å². The Morgan fingerprint density at radius 1 is 0.559 bits per heavy atom. The zero-order valence-corrected chi connectivity index (χ0v) is 24.3. The van der Waals surface area contributed by atoms with Crippen LogP contribution < -0.4 is 9.05 Å². The lowest BCUT2D eigenvalue weighted by Crippen LogP contribution is -2.18. The quantitative estimate of drug-likeness (QED) is 0.351. The molecule has 1 heterocycles. The van der Waals surface area contributed by atoms with Crippen molar-refractivity contribution < 1.29 is 13.6 Å². The predicted molar refractivity (Wildman–Crippen MR) is 144 cm³/mol. The third kappa shape index (κ3) is 5.68. The highest BCUT2D eigenvalue weighted by molar-refractivity contribution is 7.34. The van der Waals surface area contributed by atoms with Crippen molar-refractivity contribution >= 4 is 8.25 Å². The van der Waals surface area contributed by atoms with Gasteiger partial charge in [-0.05, 0) is 45.6 Å². The van der Waals surface area contributed by atoms with E-state index in [1.807, 2.05) is 0 Å². The fraction of sp³-hybridized carbons (Fsp3) is 0.600. The third-order valence-electron chi connectivity index (χ3n) is 6.68. The van der Waals surface area contributed by atoms with Gasteiger partial charge in [-0.3, -0.25) is 0 Å². The number of rotatable bonds is 0. The van der Waals surface area contributed by atoms with Crippen LogP contribution in [0.2, 0.25) is 0 Å². The van der Waals surface area contributed by atoms with Crippen LogP contribution >= 0.6 is 8.25 Å². The molecule has 1 aliphatic rings. The summed E-state index contributed by atoms with van der Waals surface area (Å²) >= 11 is 0. The number of hydrogen-bond donors (Lipinski definition) is 0. The Bertz CT molecular complexity index is 1010. The summed E-state index contributed by atoms with van der Waals surface area (Å²) in [6.07, 6.45) is 1.61. The average Bonchev–Trinajstić information content (AvgIpc) is 2.70. The van der Waals surface area contributed by atoms with Crippen molar-refractivity contribution in [3.8, 4) is 11.5 Å².